The van der Waals surface area contributed by atoms with E-state index < -0.39 is 0 Å². The van der Waals surface area contributed by atoms with Crippen molar-refractivity contribution in [3.63, 3.8) is 0 Å². The zero-order valence-electron chi connectivity index (χ0n) is 8.80. The minimum atomic E-state index is 0.319. The normalized spacial score (nSPS) is 13.6. The second kappa shape index (κ2) is 6.78. The van der Waals surface area contributed by atoms with Gasteiger partial charge in [0.25, 0.3) is 0 Å². The van der Waals surface area contributed by atoms with Crippen molar-refractivity contribution in [1.82, 2.24) is 9.97 Å². The number of H-pyrrole nitrogens is 1. The largest absolute Gasteiger partial charge is 0.396 e. The van der Waals surface area contributed by atoms with Gasteiger partial charge in [-0.05, 0) is 12.5 Å². The maximum atomic E-state index is 7.88. The molecule has 0 aliphatic carbocycles. The second-order valence-electron chi connectivity index (χ2n) is 2.95. The number of imidazole rings is 1. The van der Waals surface area contributed by atoms with Crippen molar-refractivity contribution in [2.45, 2.75) is 13.3 Å². The maximum Gasteiger partial charge on any atom is 0.151 e. The first kappa shape index (κ1) is 11.5. The van der Waals surface area contributed by atoms with Crippen LogP contribution in [0.2, 0.25) is 0 Å². The fourth-order valence-electron chi connectivity index (χ4n) is 0.950. The van der Waals surface area contributed by atoms with Gasteiger partial charge in [-0.15, -0.1) is 0 Å². The number of aliphatic hydroxyl groups is 1. The molecule has 15 heavy (non-hydrogen) atoms. The van der Waals surface area contributed by atoms with Crippen molar-refractivity contribution < 1.29 is 5.11 Å². The Labute approximate surface area is 89.2 Å². The minimum Gasteiger partial charge on any atom is -0.396 e. The van der Waals surface area contributed by atoms with E-state index in [0.29, 0.717) is 6.61 Å². The number of hydrogen-bond acceptors (Lipinski definition) is 4. The van der Waals surface area contributed by atoms with Gasteiger partial charge in [-0.2, -0.15) is 0 Å². The van der Waals surface area contributed by atoms with E-state index in [1.54, 1.807) is 18.9 Å². The van der Waals surface area contributed by atoms with Crippen LogP contribution in [0.4, 0.5) is 5.82 Å². The summed E-state index contributed by atoms with van der Waals surface area (Å²) in [4.78, 5) is 12.9. The third kappa shape index (κ3) is 3.95. The van der Waals surface area contributed by atoms with Crippen molar-refractivity contribution in [2.75, 3.05) is 18.1 Å². The average molecular weight is 208 g/mol. The number of aromatic amines is 1. The van der Waals surface area contributed by atoms with Crippen LogP contribution >= 0.6 is 0 Å². The number of nitrogens with zero attached hydrogens (tertiary/aromatic N) is 3. The molecule has 0 saturated heterocycles. The van der Waals surface area contributed by atoms with Gasteiger partial charge in [-0.1, -0.05) is 6.92 Å². The summed E-state index contributed by atoms with van der Waals surface area (Å²) >= 11 is 0. The highest BCUT2D eigenvalue weighted by Gasteiger charge is 2.04. The third-order valence-electron chi connectivity index (χ3n) is 1.70. The number of hydrogen-bond donors (Lipinski definition) is 2. The maximum absolute atomic E-state index is 7.88. The van der Waals surface area contributed by atoms with Crippen molar-refractivity contribution >= 4 is 12.2 Å². The summed E-state index contributed by atoms with van der Waals surface area (Å²) in [5.41, 5.74) is 0. The molecule has 0 spiro atoms. The van der Waals surface area contributed by atoms with Gasteiger partial charge < -0.3 is 15.0 Å². The SMILES string of the molecule is C1=CN=CN(c2c[nH]cn2)C1.CCCO. The van der Waals surface area contributed by atoms with E-state index in [9.17, 15) is 0 Å². The Morgan fingerprint density at radius 2 is 2.40 bits per heavy atom. The quantitative estimate of drug-likeness (QED) is 0.766. The molecule has 0 bridgehead atoms. The number of aliphatic imine (C=N–C) groups is 1. The predicted molar refractivity (Wildman–Crippen MR) is 60.9 cm³/mol. The lowest BCUT2D eigenvalue weighted by molar-refractivity contribution is 0.295. The van der Waals surface area contributed by atoms with Crippen LogP contribution in [0.5, 0.6) is 0 Å². The van der Waals surface area contributed by atoms with Gasteiger partial charge in [0, 0.05) is 25.5 Å². The Balaban J connectivity index is 0.000000245. The van der Waals surface area contributed by atoms with Crippen LogP contribution in [-0.4, -0.2) is 34.6 Å². The summed E-state index contributed by atoms with van der Waals surface area (Å²) in [6.07, 6.45) is 9.89. The van der Waals surface area contributed by atoms with E-state index in [4.69, 9.17) is 5.11 Å². The number of rotatable bonds is 2. The molecule has 5 nitrogen and oxygen atoms in total. The molecule has 0 amide bonds. The van der Waals surface area contributed by atoms with Crippen LogP contribution in [0.15, 0.2) is 29.8 Å². The fraction of sp³-hybridized carbons (Fsp3) is 0.400. The minimum absolute atomic E-state index is 0.319. The highest BCUT2D eigenvalue weighted by Crippen LogP contribution is 2.07. The highest BCUT2D eigenvalue weighted by atomic mass is 16.2. The first-order chi connectivity index (χ1) is 7.38. The Morgan fingerprint density at radius 1 is 1.60 bits per heavy atom. The van der Waals surface area contributed by atoms with E-state index in [0.717, 1.165) is 18.8 Å². The summed E-state index contributed by atoms with van der Waals surface area (Å²) < 4.78 is 0. The lowest BCUT2D eigenvalue weighted by Gasteiger charge is -2.15. The van der Waals surface area contributed by atoms with E-state index >= 15 is 0 Å². The Hall–Kier alpha value is -1.62. The number of aliphatic hydroxyl groups excluding tert-OH is 1. The first-order valence-electron chi connectivity index (χ1n) is 4.93. The molecule has 0 radical (unpaired) electrons. The average Bonchev–Trinajstić information content (AvgIpc) is 2.84. The molecule has 2 rings (SSSR count). The van der Waals surface area contributed by atoms with Gasteiger partial charge in [0.1, 0.15) is 0 Å². The van der Waals surface area contributed by atoms with Gasteiger partial charge in [0.05, 0.1) is 12.7 Å². The monoisotopic (exact) mass is 208 g/mol. The molecule has 2 heterocycles. The van der Waals surface area contributed by atoms with Gasteiger partial charge in [0.2, 0.25) is 0 Å². The molecule has 1 aliphatic rings. The van der Waals surface area contributed by atoms with Gasteiger partial charge in [-0.25, -0.2) is 9.98 Å². The summed E-state index contributed by atoms with van der Waals surface area (Å²) in [6, 6.07) is 0. The van der Waals surface area contributed by atoms with E-state index in [2.05, 4.69) is 15.0 Å². The van der Waals surface area contributed by atoms with Crippen LogP contribution in [0.3, 0.4) is 0 Å². The Kier molecular flexibility index (Phi) is 5.18. The van der Waals surface area contributed by atoms with Gasteiger partial charge in [-0.3, -0.25) is 0 Å². The summed E-state index contributed by atoms with van der Waals surface area (Å²) in [5.74, 6) is 0.901. The Bertz CT molecular complexity index is 303. The fourth-order valence-corrected chi connectivity index (χ4v) is 0.950. The molecule has 0 unspecified atom stereocenters. The molecule has 0 atom stereocenters. The van der Waals surface area contributed by atoms with Crippen molar-refractivity contribution in [1.29, 1.82) is 0 Å². The van der Waals surface area contributed by atoms with Gasteiger partial charge >= 0.3 is 0 Å². The van der Waals surface area contributed by atoms with E-state index in [-0.39, 0.29) is 0 Å². The standard InChI is InChI=1S/C7H8N4.C3H8O/c1-2-8-6-11(3-1)7-4-9-5-10-7;1-2-3-4/h1-2,4-6H,3H2,(H,9,10);4H,2-3H2,1H3. The van der Waals surface area contributed by atoms with E-state index in [1.165, 1.54) is 0 Å². The molecule has 0 aromatic carbocycles. The number of nitrogens with one attached hydrogen (secondary N) is 1. The summed E-state index contributed by atoms with van der Waals surface area (Å²) in [6.45, 7) is 3.09. The molecule has 2 N–H and O–H groups in total. The molecule has 1 aromatic heterocycles. The smallest absolute Gasteiger partial charge is 0.151 e. The molecule has 1 aromatic rings. The third-order valence-corrected chi connectivity index (χ3v) is 1.70. The molecule has 0 saturated carbocycles. The van der Waals surface area contributed by atoms with Crippen molar-refractivity contribution in [3.05, 3.63) is 24.8 Å². The Morgan fingerprint density at radius 3 is 2.87 bits per heavy atom. The van der Waals surface area contributed by atoms with E-state index in [1.807, 2.05) is 24.1 Å². The molecule has 0 fully saturated rings. The first-order valence-corrected chi connectivity index (χ1v) is 4.93. The van der Waals surface area contributed by atoms with Crippen LogP contribution in [0.1, 0.15) is 13.3 Å². The molecular weight excluding hydrogens is 192 g/mol. The van der Waals surface area contributed by atoms with Crippen molar-refractivity contribution in [3.8, 4) is 0 Å². The number of anilines is 1. The summed E-state index contributed by atoms with van der Waals surface area (Å²) in [5, 5.41) is 7.88. The lowest BCUT2D eigenvalue weighted by atomic mass is 10.5. The molecular formula is C10H16N4O. The lowest BCUT2D eigenvalue weighted by Crippen LogP contribution is -2.22. The van der Waals surface area contributed by atoms with Crippen molar-refractivity contribution in [2.24, 2.45) is 4.99 Å². The van der Waals surface area contributed by atoms with Crippen LogP contribution in [0, 0.1) is 0 Å². The topological polar surface area (TPSA) is 64.5 Å². The zero-order chi connectivity index (χ0) is 10.9. The molecule has 1 aliphatic heterocycles. The van der Waals surface area contributed by atoms with Crippen LogP contribution < -0.4 is 4.90 Å². The zero-order valence-corrected chi connectivity index (χ0v) is 8.80. The molecule has 82 valence electrons. The van der Waals surface area contributed by atoms with Crippen LogP contribution in [-0.2, 0) is 0 Å². The molecule has 5 heteroatoms. The predicted octanol–water partition coefficient (Wildman–Crippen LogP) is 1.16. The summed E-state index contributed by atoms with van der Waals surface area (Å²) in [7, 11) is 0. The van der Waals surface area contributed by atoms with Gasteiger partial charge in [0.15, 0.2) is 5.82 Å². The highest BCUT2D eigenvalue weighted by molar-refractivity contribution is 5.78. The van der Waals surface area contributed by atoms with Crippen LogP contribution in [0.25, 0.3) is 0 Å². The number of aromatic nitrogens is 2. The second-order valence-corrected chi connectivity index (χ2v) is 2.95.